The minimum atomic E-state index is -0.938. The number of hydrogen-bond donors (Lipinski definition) is 1. The van der Waals surface area contributed by atoms with Crippen LogP contribution in [0.5, 0.6) is 0 Å². The van der Waals surface area contributed by atoms with E-state index < -0.39 is 5.72 Å². The lowest BCUT2D eigenvalue weighted by Crippen LogP contribution is -2.50. The third kappa shape index (κ3) is 3.93. The van der Waals surface area contributed by atoms with Crippen molar-refractivity contribution in [3.05, 3.63) is 35.9 Å². The molecule has 1 aromatic carbocycles. The highest BCUT2D eigenvalue weighted by molar-refractivity contribution is 5.82. The molecule has 1 aliphatic carbocycles. The predicted octanol–water partition coefficient (Wildman–Crippen LogP) is 3.30. The van der Waals surface area contributed by atoms with Gasteiger partial charge in [-0.1, -0.05) is 43.2 Å². The van der Waals surface area contributed by atoms with E-state index in [1.165, 1.54) is 5.56 Å². The van der Waals surface area contributed by atoms with Gasteiger partial charge in [0.1, 0.15) is 5.72 Å². The summed E-state index contributed by atoms with van der Waals surface area (Å²) in [6.45, 7) is 5.95. The van der Waals surface area contributed by atoms with Gasteiger partial charge in [-0.25, -0.2) is 0 Å². The Morgan fingerprint density at radius 1 is 1.07 bits per heavy atom. The zero-order valence-electron chi connectivity index (χ0n) is 16.6. The Morgan fingerprint density at radius 3 is 2.48 bits per heavy atom. The van der Waals surface area contributed by atoms with Gasteiger partial charge < -0.3 is 14.9 Å². The molecule has 4 heteroatoms. The van der Waals surface area contributed by atoms with Crippen LogP contribution < -0.4 is 0 Å². The van der Waals surface area contributed by atoms with Crippen LogP contribution in [-0.4, -0.2) is 52.7 Å². The smallest absolute Gasteiger partial charge is 0.228 e. The van der Waals surface area contributed by atoms with Gasteiger partial charge in [0.25, 0.3) is 0 Å². The molecule has 2 aliphatic heterocycles. The van der Waals surface area contributed by atoms with Gasteiger partial charge in [-0.3, -0.25) is 4.79 Å². The quantitative estimate of drug-likeness (QED) is 0.865. The molecule has 148 valence electrons. The lowest BCUT2D eigenvalue weighted by molar-refractivity contribution is -0.149. The molecule has 4 rings (SSSR count). The normalized spacial score (nSPS) is 32.7. The molecule has 3 fully saturated rings. The van der Waals surface area contributed by atoms with Crippen molar-refractivity contribution in [1.29, 1.82) is 0 Å². The molecule has 2 heterocycles. The molecule has 3 aliphatic rings. The van der Waals surface area contributed by atoms with E-state index in [1.54, 1.807) is 0 Å². The number of rotatable bonds is 5. The Hall–Kier alpha value is -1.39. The van der Waals surface area contributed by atoms with E-state index in [-0.39, 0.29) is 17.7 Å². The Balaban J connectivity index is 1.28. The van der Waals surface area contributed by atoms with Crippen LogP contribution in [-0.2, 0) is 11.2 Å². The van der Waals surface area contributed by atoms with Gasteiger partial charge in [-0.05, 0) is 63.6 Å². The Morgan fingerprint density at radius 2 is 1.78 bits per heavy atom. The molecule has 3 unspecified atom stereocenters. The van der Waals surface area contributed by atoms with Crippen molar-refractivity contribution in [3.63, 3.8) is 0 Å². The van der Waals surface area contributed by atoms with Crippen LogP contribution in [0.3, 0.4) is 0 Å². The first-order chi connectivity index (χ1) is 13.1. The Bertz CT molecular complexity index is 637. The van der Waals surface area contributed by atoms with Crippen LogP contribution in [0.1, 0.15) is 51.0 Å². The second kappa shape index (κ2) is 7.92. The summed E-state index contributed by atoms with van der Waals surface area (Å²) >= 11 is 0. The number of benzene rings is 1. The van der Waals surface area contributed by atoms with Crippen LogP contribution in [0.4, 0.5) is 0 Å². The van der Waals surface area contributed by atoms with E-state index in [1.807, 2.05) is 11.8 Å². The van der Waals surface area contributed by atoms with Crippen molar-refractivity contribution < 1.29 is 9.90 Å². The molecule has 1 amide bonds. The fourth-order valence-corrected chi connectivity index (χ4v) is 5.56. The Labute approximate surface area is 163 Å². The maximum atomic E-state index is 12.9. The number of fused-ring (bicyclic) bond motifs is 1. The van der Waals surface area contributed by atoms with E-state index in [0.717, 1.165) is 71.1 Å². The average Bonchev–Trinajstić information content (AvgIpc) is 2.89. The third-order valence-corrected chi connectivity index (χ3v) is 7.31. The lowest BCUT2D eigenvalue weighted by Gasteiger charge is -2.39. The summed E-state index contributed by atoms with van der Waals surface area (Å²) in [5, 5.41) is 11.1. The van der Waals surface area contributed by atoms with Crippen LogP contribution >= 0.6 is 0 Å². The maximum Gasteiger partial charge on any atom is 0.228 e. The standard InChI is InChI=1S/C23H34N2O2/c1-23(27)21-10-6-5-9-20(21)22(26)25(23)17-19-12-15-24(16-13-19)14-11-18-7-3-2-4-8-18/h2-4,7-8,19-21,27H,5-6,9-17H2,1H3. The molecule has 0 bridgehead atoms. The minimum absolute atomic E-state index is 0.0692. The zero-order chi connectivity index (χ0) is 18.9. The summed E-state index contributed by atoms with van der Waals surface area (Å²) < 4.78 is 0. The van der Waals surface area contributed by atoms with Crippen LogP contribution in [0.15, 0.2) is 30.3 Å². The van der Waals surface area contributed by atoms with E-state index in [0.29, 0.717) is 5.92 Å². The van der Waals surface area contributed by atoms with E-state index in [2.05, 4.69) is 35.2 Å². The summed E-state index contributed by atoms with van der Waals surface area (Å²) in [4.78, 5) is 17.3. The van der Waals surface area contributed by atoms with Crippen molar-refractivity contribution in [3.8, 4) is 0 Å². The van der Waals surface area contributed by atoms with Gasteiger partial charge >= 0.3 is 0 Å². The minimum Gasteiger partial charge on any atom is -0.371 e. The van der Waals surface area contributed by atoms with E-state index >= 15 is 0 Å². The predicted molar refractivity (Wildman–Crippen MR) is 107 cm³/mol. The number of piperidine rings is 1. The molecule has 0 radical (unpaired) electrons. The summed E-state index contributed by atoms with van der Waals surface area (Å²) in [7, 11) is 0. The highest BCUT2D eigenvalue weighted by Gasteiger charge is 2.55. The number of carbonyl (C=O) groups excluding carboxylic acids is 1. The molecule has 27 heavy (non-hydrogen) atoms. The summed E-state index contributed by atoms with van der Waals surface area (Å²) in [5.41, 5.74) is 0.466. The maximum absolute atomic E-state index is 12.9. The van der Waals surface area contributed by atoms with Gasteiger partial charge in [-0.2, -0.15) is 0 Å². The number of carbonyl (C=O) groups is 1. The fourth-order valence-electron chi connectivity index (χ4n) is 5.56. The number of hydrogen-bond acceptors (Lipinski definition) is 3. The first-order valence-corrected chi connectivity index (χ1v) is 10.9. The number of nitrogens with zero attached hydrogens (tertiary/aromatic N) is 2. The summed E-state index contributed by atoms with van der Waals surface area (Å²) in [5.74, 6) is 0.953. The number of amides is 1. The largest absolute Gasteiger partial charge is 0.371 e. The second-order valence-electron chi connectivity index (χ2n) is 9.06. The van der Waals surface area contributed by atoms with Crippen molar-refractivity contribution in [2.24, 2.45) is 17.8 Å². The highest BCUT2D eigenvalue weighted by Crippen LogP contribution is 2.46. The molecule has 1 aromatic rings. The third-order valence-electron chi connectivity index (χ3n) is 7.31. The summed E-state index contributed by atoms with van der Waals surface area (Å²) in [6, 6.07) is 10.7. The van der Waals surface area contributed by atoms with Crippen molar-refractivity contribution >= 4 is 5.91 Å². The van der Waals surface area contributed by atoms with Gasteiger partial charge in [0.05, 0.1) is 0 Å². The topological polar surface area (TPSA) is 43.8 Å². The van der Waals surface area contributed by atoms with Gasteiger partial charge in [0, 0.05) is 24.9 Å². The SMILES string of the molecule is CC1(O)C2CCCCC2C(=O)N1CC1CCN(CCc2ccccc2)CC1. The molecule has 0 aromatic heterocycles. The van der Waals surface area contributed by atoms with E-state index in [4.69, 9.17) is 0 Å². The monoisotopic (exact) mass is 370 g/mol. The molecule has 1 N–H and O–H groups in total. The fraction of sp³-hybridized carbons (Fsp3) is 0.696. The number of aliphatic hydroxyl groups is 1. The Kier molecular flexibility index (Phi) is 5.56. The number of likely N-dealkylation sites (tertiary alicyclic amines) is 2. The van der Waals surface area contributed by atoms with E-state index in [9.17, 15) is 9.90 Å². The second-order valence-corrected chi connectivity index (χ2v) is 9.06. The van der Waals surface area contributed by atoms with Gasteiger partial charge in [0.15, 0.2) is 0 Å². The van der Waals surface area contributed by atoms with Gasteiger partial charge in [-0.15, -0.1) is 0 Å². The first-order valence-electron chi connectivity index (χ1n) is 10.9. The summed E-state index contributed by atoms with van der Waals surface area (Å²) in [6.07, 6.45) is 7.61. The molecule has 3 atom stereocenters. The van der Waals surface area contributed by atoms with Crippen molar-refractivity contribution in [2.75, 3.05) is 26.2 Å². The zero-order valence-corrected chi connectivity index (χ0v) is 16.6. The lowest BCUT2D eigenvalue weighted by atomic mass is 9.77. The van der Waals surface area contributed by atoms with Crippen LogP contribution in [0.25, 0.3) is 0 Å². The molecule has 4 nitrogen and oxygen atoms in total. The first kappa shape index (κ1) is 18.9. The highest BCUT2D eigenvalue weighted by atomic mass is 16.3. The molecule has 0 spiro atoms. The molecule has 1 saturated carbocycles. The average molecular weight is 371 g/mol. The molecular formula is C23H34N2O2. The van der Waals surface area contributed by atoms with Crippen molar-refractivity contribution in [2.45, 2.75) is 57.6 Å². The van der Waals surface area contributed by atoms with Crippen LogP contribution in [0.2, 0.25) is 0 Å². The van der Waals surface area contributed by atoms with Gasteiger partial charge in [0.2, 0.25) is 5.91 Å². The molecular weight excluding hydrogens is 336 g/mol. The molecule has 2 saturated heterocycles. The van der Waals surface area contributed by atoms with Crippen LogP contribution in [0, 0.1) is 17.8 Å². The van der Waals surface area contributed by atoms with Crippen molar-refractivity contribution in [1.82, 2.24) is 9.80 Å².